The van der Waals surface area contributed by atoms with Gasteiger partial charge in [0.25, 0.3) is 5.91 Å². The zero-order chi connectivity index (χ0) is 11.5. The highest BCUT2D eigenvalue weighted by molar-refractivity contribution is 5.94. The van der Waals surface area contributed by atoms with Gasteiger partial charge < -0.3 is 10.0 Å². The van der Waals surface area contributed by atoms with Crippen LogP contribution in [0.15, 0.2) is 6.20 Å². The van der Waals surface area contributed by atoms with Crippen molar-refractivity contribution < 1.29 is 14.7 Å². The van der Waals surface area contributed by atoms with Crippen LogP contribution < -0.4 is 0 Å². The maximum absolute atomic E-state index is 11.9. The zero-order valence-corrected chi connectivity index (χ0v) is 8.59. The van der Waals surface area contributed by atoms with Gasteiger partial charge in [-0.2, -0.15) is 15.4 Å². The van der Waals surface area contributed by atoms with E-state index in [0.29, 0.717) is 13.0 Å². The normalized spacial score (nSPS) is 20.8. The van der Waals surface area contributed by atoms with E-state index in [2.05, 4.69) is 15.4 Å². The van der Waals surface area contributed by atoms with Crippen molar-refractivity contribution in [1.29, 1.82) is 0 Å². The van der Waals surface area contributed by atoms with Crippen molar-refractivity contribution in [3.05, 3.63) is 11.9 Å². The van der Waals surface area contributed by atoms with Crippen molar-refractivity contribution in [3.8, 4) is 0 Å². The van der Waals surface area contributed by atoms with Gasteiger partial charge in [-0.3, -0.25) is 4.79 Å². The van der Waals surface area contributed by atoms with Crippen LogP contribution in [-0.4, -0.2) is 49.9 Å². The Bertz CT molecular complexity index is 389. The molecule has 0 spiro atoms. The van der Waals surface area contributed by atoms with Gasteiger partial charge in [-0.25, -0.2) is 4.79 Å². The first kappa shape index (κ1) is 10.6. The molecule has 0 bridgehead atoms. The number of hydrogen-bond acceptors (Lipinski definition) is 4. The summed E-state index contributed by atoms with van der Waals surface area (Å²) in [6.07, 6.45) is 3.46. The molecule has 1 amide bonds. The summed E-state index contributed by atoms with van der Waals surface area (Å²) in [5.41, 5.74) is 0.160. The fourth-order valence-electron chi connectivity index (χ4n) is 1.88. The third-order valence-electron chi connectivity index (χ3n) is 2.68. The fraction of sp³-hybridized carbons (Fsp3) is 0.556. The average molecular weight is 224 g/mol. The number of carboxylic acid groups (broad SMARTS) is 1. The largest absolute Gasteiger partial charge is 0.480 e. The maximum Gasteiger partial charge on any atom is 0.326 e. The SMILES string of the molecule is O=C(O)[C@@H]1CCCCN1C(=O)c1cn[nH]n1. The fourth-order valence-corrected chi connectivity index (χ4v) is 1.88. The third-order valence-corrected chi connectivity index (χ3v) is 2.68. The minimum Gasteiger partial charge on any atom is -0.480 e. The Labute approximate surface area is 91.4 Å². The van der Waals surface area contributed by atoms with Crippen LogP contribution in [0.4, 0.5) is 0 Å². The topological polar surface area (TPSA) is 99.2 Å². The number of nitrogens with zero attached hydrogens (tertiary/aromatic N) is 3. The summed E-state index contributed by atoms with van der Waals surface area (Å²) in [4.78, 5) is 24.3. The highest BCUT2D eigenvalue weighted by Gasteiger charge is 2.33. The van der Waals surface area contributed by atoms with Gasteiger partial charge in [0.2, 0.25) is 0 Å². The molecule has 86 valence electrons. The van der Waals surface area contributed by atoms with Crippen molar-refractivity contribution >= 4 is 11.9 Å². The molecule has 0 saturated carbocycles. The van der Waals surface area contributed by atoms with Crippen LogP contribution in [0, 0.1) is 0 Å². The van der Waals surface area contributed by atoms with E-state index >= 15 is 0 Å². The number of aromatic amines is 1. The van der Waals surface area contributed by atoms with E-state index in [1.165, 1.54) is 11.1 Å². The lowest BCUT2D eigenvalue weighted by atomic mass is 10.0. The first-order valence-electron chi connectivity index (χ1n) is 5.09. The lowest BCUT2D eigenvalue weighted by molar-refractivity contribution is -0.143. The Kier molecular flexibility index (Phi) is 2.84. The van der Waals surface area contributed by atoms with Crippen molar-refractivity contribution in [2.24, 2.45) is 0 Å². The molecular weight excluding hydrogens is 212 g/mol. The van der Waals surface area contributed by atoms with Gasteiger partial charge in [0.1, 0.15) is 6.04 Å². The number of H-pyrrole nitrogens is 1. The van der Waals surface area contributed by atoms with Gasteiger partial charge in [-0.05, 0) is 19.3 Å². The highest BCUT2D eigenvalue weighted by Crippen LogP contribution is 2.18. The number of aliphatic carboxylic acids is 1. The summed E-state index contributed by atoms with van der Waals surface area (Å²) in [5.74, 6) is -1.34. The Morgan fingerprint density at radius 1 is 1.50 bits per heavy atom. The van der Waals surface area contributed by atoms with Crippen LogP contribution in [-0.2, 0) is 4.79 Å². The Hall–Kier alpha value is -1.92. The number of aromatic nitrogens is 3. The summed E-state index contributed by atoms with van der Waals surface area (Å²) in [5, 5.41) is 18.6. The van der Waals surface area contributed by atoms with Gasteiger partial charge in [0.05, 0.1) is 6.20 Å². The second-order valence-electron chi connectivity index (χ2n) is 3.70. The summed E-state index contributed by atoms with van der Waals surface area (Å²) in [7, 11) is 0. The van der Waals surface area contributed by atoms with Gasteiger partial charge in [0, 0.05) is 6.54 Å². The van der Waals surface area contributed by atoms with E-state index in [1.807, 2.05) is 0 Å². The van der Waals surface area contributed by atoms with Crippen LogP contribution >= 0.6 is 0 Å². The number of piperidine rings is 1. The Morgan fingerprint density at radius 3 is 2.94 bits per heavy atom. The summed E-state index contributed by atoms with van der Waals surface area (Å²) in [6, 6.07) is -0.738. The Balaban J connectivity index is 2.17. The van der Waals surface area contributed by atoms with Crippen LogP contribution in [0.25, 0.3) is 0 Å². The van der Waals surface area contributed by atoms with Gasteiger partial charge in [0.15, 0.2) is 5.69 Å². The quantitative estimate of drug-likeness (QED) is 0.729. The highest BCUT2D eigenvalue weighted by atomic mass is 16.4. The van der Waals surface area contributed by atoms with Crippen LogP contribution in [0.3, 0.4) is 0 Å². The lowest BCUT2D eigenvalue weighted by Gasteiger charge is -2.32. The second-order valence-corrected chi connectivity index (χ2v) is 3.70. The summed E-state index contributed by atoms with van der Waals surface area (Å²) in [6.45, 7) is 0.461. The Morgan fingerprint density at radius 2 is 2.31 bits per heavy atom. The molecule has 2 heterocycles. The van der Waals surface area contributed by atoms with E-state index in [4.69, 9.17) is 5.11 Å². The van der Waals surface area contributed by atoms with Crippen molar-refractivity contribution in [2.75, 3.05) is 6.54 Å². The number of amides is 1. The summed E-state index contributed by atoms with van der Waals surface area (Å²) < 4.78 is 0. The molecule has 1 aromatic rings. The molecule has 1 saturated heterocycles. The number of likely N-dealkylation sites (tertiary alicyclic amines) is 1. The van der Waals surface area contributed by atoms with Crippen LogP contribution in [0.2, 0.25) is 0 Å². The molecule has 0 aromatic carbocycles. The molecule has 16 heavy (non-hydrogen) atoms. The van der Waals surface area contributed by atoms with Crippen LogP contribution in [0.5, 0.6) is 0 Å². The number of hydrogen-bond donors (Lipinski definition) is 2. The molecule has 1 aliphatic heterocycles. The average Bonchev–Trinajstić information content (AvgIpc) is 2.81. The van der Waals surface area contributed by atoms with Crippen molar-refractivity contribution in [1.82, 2.24) is 20.3 Å². The van der Waals surface area contributed by atoms with Gasteiger partial charge >= 0.3 is 5.97 Å². The molecule has 0 unspecified atom stereocenters. The van der Waals surface area contributed by atoms with Crippen LogP contribution in [0.1, 0.15) is 29.8 Å². The van der Waals surface area contributed by atoms with Crippen molar-refractivity contribution in [2.45, 2.75) is 25.3 Å². The number of nitrogens with one attached hydrogen (secondary N) is 1. The molecule has 7 heteroatoms. The van der Waals surface area contributed by atoms with Gasteiger partial charge in [-0.1, -0.05) is 0 Å². The number of carbonyl (C=O) groups is 2. The number of rotatable bonds is 2. The first-order chi connectivity index (χ1) is 7.70. The predicted molar refractivity (Wildman–Crippen MR) is 52.7 cm³/mol. The molecule has 7 nitrogen and oxygen atoms in total. The first-order valence-corrected chi connectivity index (χ1v) is 5.09. The van der Waals surface area contributed by atoms with E-state index < -0.39 is 12.0 Å². The zero-order valence-electron chi connectivity index (χ0n) is 8.59. The molecule has 2 rings (SSSR count). The minimum atomic E-state index is -0.962. The van der Waals surface area contributed by atoms with E-state index in [1.54, 1.807) is 0 Å². The molecule has 0 aliphatic carbocycles. The van der Waals surface area contributed by atoms with E-state index in [9.17, 15) is 9.59 Å². The number of carbonyl (C=O) groups excluding carboxylic acids is 1. The molecule has 1 aromatic heterocycles. The predicted octanol–water partition coefficient (Wildman–Crippen LogP) is -0.116. The minimum absolute atomic E-state index is 0.160. The second kappa shape index (κ2) is 4.30. The number of carboxylic acids is 1. The summed E-state index contributed by atoms with van der Waals surface area (Å²) >= 11 is 0. The van der Waals surface area contributed by atoms with Crippen molar-refractivity contribution in [3.63, 3.8) is 0 Å². The monoisotopic (exact) mass is 224 g/mol. The third kappa shape index (κ3) is 1.88. The molecule has 0 radical (unpaired) electrons. The molecule has 1 atom stereocenters. The molecule has 1 aliphatic rings. The lowest BCUT2D eigenvalue weighted by Crippen LogP contribution is -2.48. The maximum atomic E-state index is 11.9. The molecule has 2 N–H and O–H groups in total. The van der Waals surface area contributed by atoms with E-state index in [0.717, 1.165) is 12.8 Å². The smallest absolute Gasteiger partial charge is 0.326 e. The van der Waals surface area contributed by atoms with Gasteiger partial charge in [-0.15, -0.1) is 0 Å². The molecular formula is C9H12N4O3. The molecule has 1 fully saturated rings. The van der Waals surface area contributed by atoms with E-state index in [-0.39, 0.29) is 11.6 Å². The standard InChI is InChI=1S/C9H12N4O3/c14-8(6-5-10-12-11-6)13-4-2-1-3-7(13)9(15)16/h5,7H,1-4H2,(H,15,16)(H,10,11,12)/t7-/m0/s1.